The summed E-state index contributed by atoms with van der Waals surface area (Å²) in [5, 5.41) is 6.14. The van der Waals surface area contributed by atoms with Crippen LogP contribution < -0.4 is 10.6 Å². The molecule has 1 aliphatic rings. The average molecular weight is 210 g/mol. The predicted molar refractivity (Wildman–Crippen MR) is 62.6 cm³/mol. The highest BCUT2D eigenvalue weighted by Gasteiger charge is 2.09. The number of carbonyl (C=O) groups is 1. The van der Waals surface area contributed by atoms with Gasteiger partial charge in [-0.25, -0.2) is 0 Å². The van der Waals surface area contributed by atoms with E-state index in [9.17, 15) is 4.79 Å². The fourth-order valence-corrected chi connectivity index (χ4v) is 1.59. The Morgan fingerprint density at radius 2 is 2.33 bits per heavy atom. The summed E-state index contributed by atoms with van der Waals surface area (Å²) < 4.78 is 0. The molecule has 1 unspecified atom stereocenters. The molecular weight excluding hydrogens is 188 g/mol. The Balaban J connectivity index is 2.10. The molecule has 0 aromatic carbocycles. The molecule has 1 rings (SSSR count). The van der Waals surface area contributed by atoms with Gasteiger partial charge in [0.2, 0.25) is 5.91 Å². The van der Waals surface area contributed by atoms with Crippen molar-refractivity contribution in [2.75, 3.05) is 13.1 Å². The first-order valence-electron chi connectivity index (χ1n) is 5.85. The maximum atomic E-state index is 11.4. The Morgan fingerprint density at radius 3 is 2.93 bits per heavy atom. The molecule has 0 radical (unpaired) electrons. The molecule has 2 N–H and O–H groups in total. The van der Waals surface area contributed by atoms with Crippen LogP contribution in [0.2, 0.25) is 0 Å². The molecule has 86 valence electrons. The van der Waals surface area contributed by atoms with Crippen LogP contribution in [0, 0.1) is 5.92 Å². The third kappa shape index (κ3) is 5.57. The largest absolute Gasteiger partial charge is 0.355 e. The molecule has 3 nitrogen and oxygen atoms in total. The van der Waals surface area contributed by atoms with Crippen molar-refractivity contribution in [1.29, 1.82) is 0 Å². The molecule has 1 amide bonds. The van der Waals surface area contributed by atoms with Crippen molar-refractivity contribution in [2.45, 2.75) is 39.2 Å². The van der Waals surface area contributed by atoms with Crippen molar-refractivity contribution in [1.82, 2.24) is 10.6 Å². The summed E-state index contributed by atoms with van der Waals surface area (Å²) >= 11 is 0. The Morgan fingerprint density at radius 1 is 1.53 bits per heavy atom. The summed E-state index contributed by atoms with van der Waals surface area (Å²) in [4.78, 5) is 11.4. The van der Waals surface area contributed by atoms with E-state index in [4.69, 9.17) is 0 Å². The number of rotatable bonds is 5. The number of carbonyl (C=O) groups excluding carboxylic acids is 1. The summed E-state index contributed by atoms with van der Waals surface area (Å²) in [5.41, 5.74) is 0. The molecule has 1 aliphatic carbocycles. The highest BCUT2D eigenvalue weighted by molar-refractivity contribution is 5.78. The first-order chi connectivity index (χ1) is 7.18. The van der Waals surface area contributed by atoms with Crippen LogP contribution in [0.4, 0.5) is 0 Å². The van der Waals surface area contributed by atoms with Crippen LogP contribution in [0.25, 0.3) is 0 Å². The van der Waals surface area contributed by atoms with E-state index in [-0.39, 0.29) is 5.91 Å². The lowest BCUT2D eigenvalue weighted by Gasteiger charge is -2.17. The molecule has 0 bridgehead atoms. The van der Waals surface area contributed by atoms with Gasteiger partial charge in [-0.1, -0.05) is 26.0 Å². The van der Waals surface area contributed by atoms with E-state index in [1.54, 1.807) is 0 Å². The highest BCUT2D eigenvalue weighted by atomic mass is 16.1. The molecule has 0 aromatic heterocycles. The van der Waals surface area contributed by atoms with E-state index < -0.39 is 0 Å². The Labute approximate surface area is 92.3 Å². The van der Waals surface area contributed by atoms with Crippen LogP contribution in [0.5, 0.6) is 0 Å². The van der Waals surface area contributed by atoms with Crippen LogP contribution in [0.15, 0.2) is 12.2 Å². The minimum atomic E-state index is 0.0997. The van der Waals surface area contributed by atoms with Crippen LogP contribution in [0.1, 0.15) is 33.1 Å². The third-order valence-electron chi connectivity index (χ3n) is 2.49. The van der Waals surface area contributed by atoms with Gasteiger partial charge in [-0.05, 0) is 25.2 Å². The van der Waals surface area contributed by atoms with Gasteiger partial charge in [0.05, 0.1) is 6.54 Å². The number of amides is 1. The van der Waals surface area contributed by atoms with E-state index >= 15 is 0 Å². The van der Waals surface area contributed by atoms with Gasteiger partial charge in [-0.15, -0.1) is 0 Å². The smallest absolute Gasteiger partial charge is 0.233 e. The summed E-state index contributed by atoms with van der Waals surface area (Å²) in [6, 6.07) is 0.392. The van der Waals surface area contributed by atoms with E-state index in [0.29, 0.717) is 18.5 Å². The van der Waals surface area contributed by atoms with Gasteiger partial charge < -0.3 is 10.6 Å². The number of nitrogens with one attached hydrogen (secondary N) is 2. The molecule has 0 aliphatic heterocycles. The Hall–Kier alpha value is -0.830. The van der Waals surface area contributed by atoms with Crippen LogP contribution in [-0.2, 0) is 4.79 Å². The van der Waals surface area contributed by atoms with E-state index in [2.05, 4.69) is 36.6 Å². The van der Waals surface area contributed by atoms with E-state index in [0.717, 1.165) is 13.0 Å². The van der Waals surface area contributed by atoms with Crippen molar-refractivity contribution in [2.24, 2.45) is 5.92 Å². The summed E-state index contributed by atoms with van der Waals surface area (Å²) in [6.07, 6.45) is 7.90. The maximum absolute atomic E-state index is 11.4. The lowest BCUT2D eigenvalue weighted by molar-refractivity contribution is -0.120. The number of hydrogen-bond acceptors (Lipinski definition) is 2. The molecule has 0 aromatic rings. The van der Waals surface area contributed by atoms with Gasteiger partial charge in [0.1, 0.15) is 0 Å². The molecule has 1 atom stereocenters. The zero-order valence-electron chi connectivity index (χ0n) is 9.75. The summed E-state index contributed by atoms with van der Waals surface area (Å²) in [6.45, 7) is 5.39. The topological polar surface area (TPSA) is 41.1 Å². The minimum Gasteiger partial charge on any atom is -0.355 e. The third-order valence-corrected chi connectivity index (χ3v) is 2.49. The second-order valence-corrected chi connectivity index (χ2v) is 4.54. The standard InChI is InChI=1S/C12H22N2O/c1-10(2)8-14-12(15)9-13-11-6-4-3-5-7-11/h4,6,10-11,13H,3,5,7-9H2,1-2H3,(H,14,15). The highest BCUT2D eigenvalue weighted by Crippen LogP contribution is 2.09. The number of hydrogen-bond donors (Lipinski definition) is 2. The summed E-state index contributed by atoms with van der Waals surface area (Å²) in [7, 11) is 0. The monoisotopic (exact) mass is 210 g/mol. The predicted octanol–water partition coefficient (Wildman–Crippen LogP) is 1.46. The second-order valence-electron chi connectivity index (χ2n) is 4.54. The van der Waals surface area contributed by atoms with Gasteiger partial charge in [-0.2, -0.15) is 0 Å². The van der Waals surface area contributed by atoms with Crippen molar-refractivity contribution in [3.8, 4) is 0 Å². The van der Waals surface area contributed by atoms with Gasteiger partial charge >= 0.3 is 0 Å². The SMILES string of the molecule is CC(C)CNC(=O)CNC1C=CCCC1. The van der Waals surface area contributed by atoms with E-state index in [1.165, 1.54) is 12.8 Å². The zero-order valence-corrected chi connectivity index (χ0v) is 9.75. The van der Waals surface area contributed by atoms with Gasteiger partial charge in [0.15, 0.2) is 0 Å². The Bertz CT molecular complexity index is 224. The Kier molecular flexibility index (Phi) is 5.40. The van der Waals surface area contributed by atoms with Crippen LogP contribution in [0.3, 0.4) is 0 Å². The van der Waals surface area contributed by atoms with Gasteiger partial charge in [0.25, 0.3) is 0 Å². The quantitative estimate of drug-likeness (QED) is 0.674. The second kappa shape index (κ2) is 6.62. The van der Waals surface area contributed by atoms with Gasteiger partial charge in [0, 0.05) is 12.6 Å². The van der Waals surface area contributed by atoms with Crippen molar-refractivity contribution >= 4 is 5.91 Å². The van der Waals surface area contributed by atoms with Crippen LogP contribution in [-0.4, -0.2) is 25.0 Å². The molecule has 0 spiro atoms. The van der Waals surface area contributed by atoms with E-state index in [1.807, 2.05) is 0 Å². The van der Waals surface area contributed by atoms with Crippen LogP contribution >= 0.6 is 0 Å². The lowest BCUT2D eigenvalue weighted by atomic mass is 10.0. The van der Waals surface area contributed by atoms with Gasteiger partial charge in [-0.3, -0.25) is 4.79 Å². The normalized spacial score (nSPS) is 20.6. The molecule has 0 heterocycles. The summed E-state index contributed by atoms with van der Waals surface area (Å²) in [5.74, 6) is 0.617. The average Bonchev–Trinajstić information content (AvgIpc) is 2.25. The molecule has 15 heavy (non-hydrogen) atoms. The fourth-order valence-electron chi connectivity index (χ4n) is 1.59. The molecule has 0 fully saturated rings. The zero-order chi connectivity index (χ0) is 11.1. The van der Waals surface area contributed by atoms with Crippen molar-refractivity contribution in [3.63, 3.8) is 0 Å². The number of allylic oxidation sites excluding steroid dienone is 1. The molecule has 3 heteroatoms. The lowest BCUT2D eigenvalue weighted by Crippen LogP contribution is -2.40. The fraction of sp³-hybridized carbons (Fsp3) is 0.750. The molecule has 0 saturated carbocycles. The van der Waals surface area contributed by atoms with Crippen molar-refractivity contribution in [3.05, 3.63) is 12.2 Å². The first kappa shape index (κ1) is 12.2. The maximum Gasteiger partial charge on any atom is 0.233 e. The van der Waals surface area contributed by atoms with Crippen molar-refractivity contribution < 1.29 is 4.79 Å². The minimum absolute atomic E-state index is 0.0997. The first-order valence-corrected chi connectivity index (χ1v) is 5.85. The molecule has 0 saturated heterocycles. The molecular formula is C12H22N2O.